The van der Waals surface area contributed by atoms with Crippen LogP contribution in [0, 0.1) is 6.92 Å². The molecule has 3 rings (SSSR count). The molecule has 0 bridgehead atoms. The van der Waals surface area contributed by atoms with Crippen LogP contribution >= 0.6 is 12.4 Å². The molecule has 0 radical (unpaired) electrons. The minimum absolute atomic E-state index is 0. The van der Waals surface area contributed by atoms with Crippen molar-refractivity contribution in [2.45, 2.75) is 30.7 Å². The van der Waals surface area contributed by atoms with Crippen LogP contribution in [0.15, 0.2) is 35.4 Å². The van der Waals surface area contributed by atoms with E-state index in [4.69, 9.17) is 0 Å². The lowest BCUT2D eigenvalue weighted by Gasteiger charge is -2.31. The van der Waals surface area contributed by atoms with Gasteiger partial charge < -0.3 is 5.32 Å². The highest BCUT2D eigenvalue weighted by Crippen LogP contribution is 2.28. The Kier molecular flexibility index (Phi) is 5.62. The summed E-state index contributed by atoms with van der Waals surface area (Å²) in [7, 11) is -1.55. The number of aryl methyl sites for hydroxylation is 1. The van der Waals surface area contributed by atoms with Gasteiger partial charge in [-0.05, 0) is 50.6 Å². The van der Waals surface area contributed by atoms with Crippen molar-refractivity contribution in [3.63, 3.8) is 0 Å². The summed E-state index contributed by atoms with van der Waals surface area (Å²) in [4.78, 5) is 4.70. The van der Waals surface area contributed by atoms with Gasteiger partial charge in [-0.25, -0.2) is 8.42 Å². The fraction of sp³-hybridized carbons (Fsp3) is 0.438. The number of halogens is 1. The topological polar surface area (TPSA) is 62.3 Å². The first kappa shape index (κ1) is 18.1. The van der Waals surface area contributed by atoms with E-state index in [0.29, 0.717) is 29.4 Å². The van der Waals surface area contributed by atoms with Gasteiger partial charge in [0.15, 0.2) is 0 Å². The number of pyridine rings is 1. The minimum atomic E-state index is -3.47. The predicted molar refractivity (Wildman–Crippen MR) is 94.6 cm³/mol. The van der Waals surface area contributed by atoms with Crippen molar-refractivity contribution >= 4 is 33.3 Å². The van der Waals surface area contributed by atoms with E-state index in [-0.39, 0.29) is 12.4 Å². The number of sulfonamides is 1. The molecule has 23 heavy (non-hydrogen) atoms. The second-order valence-electron chi connectivity index (χ2n) is 5.75. The Bertz CT molecular complexity index is 787. The van der Waals surface area contributed by atoms with Crippen molar-refractivity contribution in [3.8, 4) is 0 Å². The van der Waals surface area contributed by atoms with E-state index < -0.39 is 10.0 Å². The third-order valence-corrected chi connectivity index (χ3v) is 6.37. The van der Waals surface area contributed by atoms with Crippen LogP contribution in [0.3, 0.4) is 0 Å². The largest absolute Gasteiger partial charge is 0.317 e. The lowest BCUT2D eigenvalue weighted by molar-refractivity contribution is 0.298. The molecule has 2 aromatic rings. The second kappa shape index (κ2) is 7.13. The highest BCUT2D eigenvalue weighted by Gasteiger charge is 2.30. The van der Waals surface area contributed by atoms with Crippen molar-refractivity contribution in [1.82, 2.24) is 14.6 Å². The zero-order valence-corrected chi connectivity index (χ0v) is 15.0. The standard InChI is InChI=1S/C16H21N3O2S.ClH/c1-12-5-6-15(14-4-3-9-18-16(12)14)22(20,21)19-10-7-13(17-2)8-11-19;/h3-6,9,13,17H,7-8,10-11H2,1-2H3;1H. The zero-order valence-electron chi connectivity index (χ0n) is 13.3. The van der Waals surface area contributed by atoms with E-state index in [1.54, 1.807) is 22.6 Å². The normalized spacial score (nSPS) is 17.1. The SMILES string of the molecule is CNC1CCN(S(=O)(=O)c2ccc(C)c3ncccc23)CC1.Cl. The molecular weight excluding hydrogens is 334 g/mol. The maximum Gasteiger partial charge on any atom is 0.243 e. The van der Waals surface area contributed by atoms with Gasteiger partial charge in [-0.2, -0.15) is 4.31 Å². The van der Waals surface area contributed by atoms with Crippen molar-refractivity contribution < 1.29 is 8.42 Å². The van der Waals surface area contributed by atoms with Gasteiger partial charge in [-0.15, -0.1) is 12.4 Å². The molecule has 2 heterocycles. The number of nitrogens with one attached hydrogen (secondary N) is 1. The summed E-state index contributed by atoms with van der Waals surface area (Å²) in [6, 6.07) is 7.57. The maximum atomic E-state index is 13.0. The number of hydrogen-bond acceptors (Lipinski definition) is 4. The van der Waals surface area contributed by atoms with Gasteiger partial charge in [0, 0.05) is 30.7 Å². The van der Waals surface area contributed by atoms with Crippen molar-refractivity contribution in [2.24, 2.45) is 0 Å². The van der Waals surface area contributed by atoms with Crippen molar-refractivity contribution in [1.29, 1.82) is 0 Å². The molecule has 126 valence electrons. The van der Waals surface area contributed by atoms with E-state index in [1.807, 2.05) is 26.1 Å². The fourth-order valence-electron chi connectivity index (χ4n) is 3.04. The minimum Gasteiger partial charge on any atom is -0.317 e. The molecule has 0 amide bonds. The molecule has 1 N–H and O–H groups in total. The molecule has 1 aliphatic rings. The Morgan fingerprint density at radius 3 is 2.57 bits per heavy atom. The molecule has 0 saturated carbocycles. The van der Waals surface area contributed by atoms with E-state index in [9.17, 15) is 8.42 Å². The van der Waals surface area contributed by atoms with Gasteiger partial charge in [0.25, 0.3) is 0 Å². The van der Waals surface area contributed by atoms with Crippen LogP contribution in [0.5, 0.6) is 0 Å². The average Bonchev–Trinajstić information content (AvgIpc) is 2.55. The van der Waals surface area contributed by atoms with Crippen molar-refractivity contribution in [2.75, 3.05) is 20.1 Å². The molecule has 1 fully saturated rings. The Balaban J connectivity index is 0.00000192. The highest BCUT2D eigenvalue weighted by molar-refractivity contribution is 7.89. The van der Waals surface area contributed by atoms with Crippen LogP contribution in [0.2, 0.25) is 0 Å². The van der Waals surface area contributed by atoms with Crippen LogP contribution in [-0.2, 0) is 10.0 Å². The molecular formula is C16H22ClN3O2S. The van der Waals surface area contributed by atoms with Crippen molar-refractivity contribution in [3.05, 3.63) is 36.0 Å². The first-order chi connectivity index (χ1) is 10.5. The van der Waals surface area contributed by atoms with Crippen LogP contribution in [-0.4, -0.2) is 43.9 Å². The lowest BCUT2D eigenvalue weighted by Crippen LogP contribution is -2.43. The summed E-state index contributed by atoms with van der Waals surface area (Å²) in [5, 5.41) is 3.93. The Labute approximate surface area is 143 Å². The van der Waals surface area contributed by atoms with Gasteiger partial charge in [-0.3, -0.25) is 4.98 Å². The number of aromatic nitrogens is 1. The van der Waals surface area contributed by atoms with Gasteiger partial charge >= 0.3 is 0 Å². The number of piperidine rings is 1. The van der Waals surface area contributed by atoms with Crippen LogP contribution in [0.25, 0.3) is 10.9 Å². The number of benzene rings is 1. The summed E-state index contributed by atoms with van der Waals surface area (Å²) in [6.07, 6.45) is 3.39. The molecule has 0 aliphatic carbocycles. The van der Waals surface area contributed by atoms with Gasteiger partial charge in [-0.1, -0.05) is 6.07 Å². The van der Waals surface area contributed by atoms with Crippen LogP contribution in [0.1, 0.15) is 18.4 Å². The smallest absolute Gasteiger partial charge is 0.243 e. The lowest BCUT2D eigenvalue weighted by atomic mass is 10.1. The van der Waals surface area contributed by atoms with Gasteiger partial charge in [0.1, 0.15) is 0 Å². The molecule has 0 unspecified atom stereocenters. The number of rotatable bonds is 3. The van der Waals surface area contributed by atoms with E-state index in [0.717, 1.165) is 23.9 Å². The van der Waals surface area contributed by atoms with Crippen LogP contribution in [0.4, 0.5) is 0 Å². The molecule has 0 atom stereocenters. The van der Waals surface area contributed by atoms with Crippen LogP contribution < -0.4 is 5.32 Å². The predicted octanol–water partition coefficient (Wildman–Crippen LogP) is 2.34. The number of fused-ring (bicyclic) bond motifs is 1. The molecule has 7 heteroatoms. The molecule has 1 aromatic carbocycles. The summed E-state index contributed by atoms with van der Waals surface area (Å²) in [5.74, 6) is 0. The van der Waals surface area contributed by atoms with Gasteiger partial charge in [0.2, 0.25) is 10.0 Å². The van der Waals surface area contributed by atoms with Gasteiger partial charge in [0.05, 0.1) is 10.4 Å². The monoisotopic (exact) mass is 355 g/mol. The third-order valence-electron chi connectivity index (χ3n) is 4.41. The fourth-order valence-corrected chi connectivity index (χ4v) is 4.69. The maximum absolute atomic E-state index is 13.0. The van der Waals surface area contributed by atoms with E-state index >= 15 is 0 Å². The summed E-state index contributed by atoms with van der Waals surface area (Å²) < 4.78 is 27.6. The summed E-state index contributed by atoms with van der Waals surface area (Å²) in [5.41, 5.74) is 1.75. The number of nitrogens with zero attached hydrogens (tertiary/aromatic N) is 2. The molecule has 1 saturated heterocycles. The molecule has 5 nitrogen and oxygen atoms in total. The van der Waals surface area contributed by atoms with E-state index in [2.05, 4.69) is 10.3 Å². The zero-order chi connectivity index (χ0) is 15.7. The molecule has 0 spiro atoms. The second-order valence-corrected chi connectivity index (χ2v) is 7.65. The quantitative estimate of drug-likeness (QED) is 0.918. The Hall–Kier alpha value is -1.21. The summed E-state index contributed by atoms with van der Waals surface area (Å²) >= 11 is 0. The average molecular weight is 356 g/mol. The first-order valence-electron chi connectivity index (χ1n) is 7.56. The first-order valence-corrected chi connectivity index (χ1v) is 9.00. The Morgan fingerprint density at radius 2 is 1.91 bits per heavy atom. The Morgan fingerprint density at radius 1 is 1.22 bits per heavy atom. The summed E-state index contributed by atoms with van der Waals surface area (Å²) in [6.45, 7) is 3.07. The molecule has 1 aromatic heterocycles. The van der Waals surface area contributed by atoms with E-state index in [1.165, 1.54) is 0 Å². The highest BCUT2D eigenvalue weighted by atomic mass is 35.5. The number of hydrogen-bond donors (Lipinski definition) is 1. The molecule has 1 aliphatic heterocycles. The third kappa shape index (κ3) is 3.35.